The van der Waals surface area contributed by atoms with E-state index in [9.17, 15) is 4.79 Å². The van der Waals surface area contributed by atoms with Crippen LogP contribution in [-0.4, -0.2) is 25.5 Å². The van der Waals surface area contributed by atoms with Crippen molar-refractivity contribution in [2.75, 3.05) is 19.6 Å². The SMILES string of the molecule is CCNC[C@@H]1CCNC(=O)C1. The van der Waals surface area contributed by atoms with Gasteiger partial charge in [-0.15, -0.1) is 0 Å². The molecule has 0 unspecified atom stereocenters. The van der Waals surface area contributed by atoms with Gasteiger partial charge in [0.05, 0.1) is 0 Å². The van der Waals surface area contributed by atoms with E-state index in [0.29, 0.717) is 12.3 Å². The highest BCUT2D eigenvalue weighted by atomic mass is 16.1. The summed E-state index contributed by atoms with van der Waals surface area (Å²) in [5, 5.41) is 6.08. The summed E-state index contributed by atoms with van der Waals surface area (Å²) < 4.78 is 0. The smallest absolute Gasteiger partial charge is 0.220 e. The van der Waals surface area contributed by atoms with E-state index < -0.39 is 0 Å². The third-order valence-corrected chi connectivity index (χ3v) is 2.03. The van der Waals surface area contributed by atoms with Crippen LogP contribution in [0.4, 0.5) is 0 Å². The van der Waals surface area contributed by atoms with Gasteiger partial charge in [0, 0.05) is 13.0 Å². The van der Waals surface area contributed by atoms with E-state index in [2.05, 4.69) is 17.6 Å². The van der Waals surface area contributed by atoms with E-state index in [0.717, 1.165) is 26.1 Å². The Balaban J connectivity index is 2.17. The fourth-order valence-corrected chi connectivity index (χ4v) is 1.37. The van der Waals surface area contributed by atoms with Crippen molar-refractivity contribution < 1.29 is 4.79 Å². The molecule has 11 heavy (non-hydrogen) atoms. The number of carbonyl (C=O) groups excluding carboxylic acids is 1. The minimum atomic E-state index is 0.208. The van der Waals surface area contributed by atoms with Gasteiger partial charge in [-0.3, -0.25) is 4.79 Å². The van der Waals surface area contributed by atoms with Gasteiger partial charge in [-0.05, 0) is 25.4 Å². The summed E-state index contributed by atoms with van der Waals surface area (Å²) in [7, 11) is 0. The maximum atomic E-state index is 10.9. The Morgan fingerprint density at radius 2 is 2.55 bits per heavy atom. The highest BCUT2D eigenvalue weighted by molar-refractivity contribution is 5.76. The van der Waals surface area contributed by atoms with E-state index in [1.54, 1.807) is 0 Å². The average Bonchev–Trinajstić information content (AvgIpc) is 2.01. The lowest BCUT2D eigenvalue weighted by atomic mass is 9.98. The molecular formula is C8H16N2O. The highest BCUT2D eigenvalue weighted by Gasteiger charge is 2.17. The number of carbonyl (C=O) groups is 1. The topological polar surface area (TPSA) is 41.1 Å². The molecule has 1 rings (SSSR count). The number of nitrogens with one attached hydrogen (secondary N) is 2. The maximum absolute atomic E-state index is 10.9. The molecule has 0 spiro atoms. The molecule has 0 aliphatic carbocycles. The van der Waals surface area contributed by atoms with Gasteiger partial charge in [0.2, 0.25) is 5.91 Å². The monoisotopic (exact) mass is 156 g/mol. The van der Waals surface area contributed by atoms with Crippen LogP contribution >= 0.6 is 0 Å². The Morgan fingerprint density at radius 3 is 3.18 bits per heavy atom. The highest BCUT2D eigenvalue weighted by Crippen LogP contribution is 2.10. The van der Waals surface area contributed by atoms with Crippen molar-refractivity contribution in [2.45, 2.75) is 19.8 Å². The molecule has 0 radical (unpaired) electrons. The second kappa shape index (κ2) is 4.34. The molecule has 1 heterocycles. The number of amides is 1. The van der Waals surface area contributed by atoms with Crippen molar-refractivity contribution >= 4 is 5.91 Å². The van der Waals surface area contributed by atoms with Crippen LogP contribution in [0.15, 0.2) is 0 Å². The van der Waals surface area contributed by atoms with Crippen molar-refractivity contribution in [1.29, 1.82) is 0 Å². The summed E-state index contributed by atoms with van der Waals surface area (Å²) in [4.78, 5) is 10.9. The fraction of sp³-hybridized carbons (Fsp3) is 0.875. The molecule has 0 saturated carbocycles. The van der Waals surface area contributed by atoms with Gasteiger partial charge in [-0.2, -0.15) is 0 Å². The molecule has 1 aliphatic rings. The summed E-state index contributed by atoms with van der Waals surface area (Å²) in [6.07, 6.45) is 1.83. The molecule has 0 bridgehead atoms. The van der Waals surface area contributed by atoms with Crippen molar-refractivity contribution in [3.8, 4) is 0 Å². The second-order valence-corrected chi connectivity index (χ2v) is 3.02. The molecule has 3 heteroatoms. The van der Waals surface area contributed by atoms with Crippen molar-refractivity contribution in [3.05, 3.63) is 0 Å². The van der Waals surface area contributed by atoms with Crippen LogP contribution in [0, 0.1) is 5.92 Å². The third-order valence-electron chi connectivity index (χ3n) is 2.03. The van der Waals surface area contributed by atoms with Crippen LogP contribution in [0.1, 0.15) is 19.8 Å². The first kappa shape index (κ1) is 8.53. The quantitative estimate of drug-likeness (QED) is 0.609. The van der Waals surface area contributed by atoms with E-state index in [1.165, 1.54) is 0 Å². The lowest BCUT2D eigenvalue weighted by Crippen LogP contribution is -2.37. The molecule has 1 amide bonds. The number of rotatable bonds is 3. The van der Waals surface area contributed by atoms with Crippen molar-refractivity contribution in [2.24, 2.45) is 5.92 Å². The van der Waals surface area contributed by atoms with Gasteiger partial charge < -0.3 is 10.6 Å². The number of hydrogen-bond acceptors (Lipinski definition) is 2. The Labute approximate surface area is 67.5 Å². The molecule has 0 aromatic carbocycles. The maximum Gasteiger partial charge on any atom is 0.220 e. The molecule has 0 aromatic heterocycles. The normalized spacial score (nSPS) is 24.8. The van der Waals surface area contributed by atoms with Crippen LogP contribution in [-0.2, 0) is 4.79 Å². The molecule has 1 aliphatic heterocycles. The second-order valence-electron chi connectivity index (χ2n) is 3.02. The predicted octanol–water partition coefficient (Wildman–Crippen LogP) is 0.122. The zero-order valence-corrected chi connectivity index (χ0v) is 7.02. The number of piperidine rings is 1. The third kappa shape index (κ3) is 2.89. The Kier molecular flexibility index (Phi) is 3.36. The van der Waals surface area contributed by atoms with E-state index >= 15 is 0 Å². The predicted molar refractivity (Wildman–Crippen MR) is 44.3 cm³/mol. The average molecular weight is 156 g/mol. The molecule has 3 nitrogen and oxygen atoms in total. The van der Waals surface area contributed by atoms with Gasteiger partial charge in [-0.25, -0.2) is 0 Å². The number of hydrogen-bond donors (Lipinski definition) is 2. The summed E-state index contributed by atoms with van der Waals surface area (Å²) in [6.45, 7) is 4.93. The molecule has 1 atom stereocenters. The standard InChI is InChI=1S/C8H16N2O/c1-2-9-6-7-3-4-10-8(11)5-7/h7,9H,2-6H2,1H3,(H,10,11)/t7-/m1/s1. The Morgan fingerprint density at radius 1 is 1.73 bits per heavy atom. The first-order chi connectivity index (χ1) is 5.33. The van der Waals surface area contributed by atoms with E-state index in [1.807, 2.05) is 0 Å². The van der Waals surface area contributed by atoms with Crippen LogP contribution < -0.4 is 10.6 Å². The Bertz CT molecular complexity index is 136. The summed E-state index contributed by atoms with van der Waals surface area (Å²) in [6, 6.07) is 0. The summed E-state index contributed by atoms with van der Waals surface area (Å²) in [5.74, 6) is 0.767. The molecular weight excluding hydrogens is 140 g/mol. The molecule has 1 fully saturated rings. The van der Waals surface area contributed by atoms with Gasteiger partial charge in [0.1, 0.15) is 0 Å². The van der Waals surface area contributed by atoms with E-state index in [-0.39, 0.29) is 5.91 Å². The largest absolute Gasteiger partial charge is 0.356 e. The van der Waals surface area contributed by atoms with Crippen LogP contribution in [0.25, 0.3) is 0 Å². The summed E-state index contributed by atoms with van der Waals surface area (Å²) >= 11 is 0. The van der Waals surface area contributed by atoms with E-state index in [4.69, 9.17) is 0 Å². The zero-order valence-electron chi connectivity index (χ0n) is 7.02. The van der Waals surface area contributed by atoms with Gasteiger partial charge in [0.15, 0.2) is 0 Å². The lowest BCUT2D eigenvalue weighted by molar-refractivity contribution is -0.123. The zero-order chi connectivity index (χ0) is 8.10. The molecule has 2 N–H and O–H groups in total. The van der Waals surface area contributed by atoms with Crippen molar-refractivity contribution in [1.82, 2.24) is 10.6 Å². The Hall–Kier alpha value is -0.570. The first-order valence-corrected chi connectivity index (χ1v) is 4.30. The lowest BCUT2D eigenvalue weighted by Gasteiger charge is -2.21. The van der Waals surface area contributed by atoms with Crippen LogP contribution in [0.5, 0.6) is 0 Å². The molecule has 64 valence electrons. The first-order valence-electron chi connectivity index (χ1n) is 4.30. The van der Waals surface area contributed by atoms with Gasteiger partial charge in [-0.1, -0.05) is 6.92 Å². The molecule has 1 saturated heterocycles. The summed E-state index contributed by atoms with van der Waals surface area (Å²) in [5.41, 5.74) is 0. The minimum Gasteiger partial charge on any atom is -0.356 e. The van der Waals surface area contributed by atoms with Gasteiger partial charge >= 0.3 is 0 Å². The minimum absolute atomic E-state index is 0.208. The van der Waals surface area contributed by atoms with Crippen LogP contribution in [0.2, 0.25) is 0 Å². The molecule has 0 aromatic rings. The van der Waals surface area contributed by atoms with Gasteiger partial charge in [0.25, 0.3) is 0 Å². The van der Waals surface area contributed by atoms with Crippen molar-refractivity contribution in [3.63, 3.8) is 0 Å². The van der Waals surface area contributed by atoms with Crippen LogP contribution in [0.3, 0.4) is 0 Å². The fourth-order valence-electron chi connectivity index (χ4n) is 1.37.